The molecule has 0 radical (unpaired) electrons. The van der Waals surface area contributed by atoms with Crippen molar-refractivity contribution in [2.75, 3.05) is 10.2 Å². The lowest BCUT2D eigenvalue weighted by Crippen LogP contribution is -2.15. The number of anilines is 4. The molecule has 3 aromatic rings. The molecule has 0 fully saturated rings. The quantitative estimate of drug-likeness (QED) is 0.795. The maximum Gasteiger partial charge on any atom is 0.234 e. The monoisotopic (exact) mass is 319 g/mol. The van der Waals surface area contributed by atoms with E-state index in [0.717, 1.165) is 16.9 Å². The smallest absolute Gasteiger partial charge is 0.234 e. The fraction of sp³-hybridized carbons (Fsp3) is 0.111. The molecule has 0 atom stereocenters. The Bertz CT molecular complexity index is 797. The molecule has 24 heavy (non-hydrogen) atoms. The summed E-state index contributed by atoms with van der Waals surface area (Å²) in [6.45, 7) is 3.48. The van der Waals surface area contributed by atoms with Gasteiger partial charge in [-0.2, -0.15) is 0 Å². The number of hydrogen-bond acceptors (Lipinski definition) is 5. The van der Waals surface area contributed by atoms with Crippen LogP contribution >= 0.6 is 0 Å². The molecular formula is C18H17N5O. The zero-order valence-corrected chi connectivity index (χ0v) is 13.5. The molecule has 0 aliphatic heterocycles. The minimum absolute atomic E-state index is 0.117. The predicted octanol–water partition coefficient (Wildman–Crippen LogP) is 3.61. The van der Waals surface area contributed by atoms with Crippen LogP contribution in [0.3, 0.4) is 0 Å². The van der Waals surface area contributed by atoms with Crippen molar-refractivity contribution < 1.29 is 4.79 Å². The van der Waals surface area contributed by atoms with Gasteiger partial charge in [-0.3, -0.25) is 14.7 Å². The molecular weight excluding hydrogens is 302 g/mol. The topological polar surface area (TPSA) is 71.0 Å². The van der Waals surface area contributed by atoms with Crippen molar-refractivity contribution in [1.82, 2.24) is 15.0 Å². The molecule has 2 aromatic heterocycles. The van der Waals surface area contributed by atoms with E-state index in [0.29, 0.717) is 11.6 Å². The number of carbonyl (C=O) groups is 1. The number of amides is 1. The highest BCUT2D eigenvalue weighted by Crippen LogP contribution is 2.35. The number of nitrogens with zero attached hydrogens (tertiary/aromatic N) is 4. The summed E-state index contributed by atoms with van der Waals surface area (Å²) in [4.78, 5) is 26.2. The van der Waals surface area contributed by atoms with Crippen LogP contribution in [0.5, 0.6) is 0 Å². The van der Waals surface area contributed by atoms with Crippen LogP contribution in [0.15, 0.2) is 61.2 Å². The normalized spacial score (nSPS) is 10.2. The van der Waals surface area contributed by atoms with Gasteiger partial charge in [0.2, 0.25) is 11.9 Å². The molecule has 3 rings (SSSR count). The van der Waals surface area contributed by atoms with Gasteiger partial charge in [0, 0.05) is 31.2 Å². The summed E-state index contributed by atoms with van der Waals surface area (Å²) in [7, 11) is 0. The van der Waals surface area contributed by atoms with Gasteiger partial charge >= 0.3 is 0 Å². The third kappa shape index (κ3) is 3.38. The van der Waals surface area contributed by atoms with Crippen LogP contribution < -0.4 is 10.2 Å². The number of carbonyl (C=O) groups excluding carboxylic acids is 1. The van der Waals surface area contributed by atoms with E-state index >= 15 is 0 Å². The lowest BCUT2D eigenvalue weighted by Gasteiger charge is -2.24. The van der Waals surface area contributed by atoms with Gasteiger partial charge in [-0.05, 0) is 42.8 Å². The van der Waals surface area contributed by atoms with Gasteiger partial charge in [-0.1, -0.05) is 6.07 Å². The van der Waals surface area contributed by atoms with Crippen LogP contribution in [-0.2, 0) is 4.79 Å². The molecule has 1 aromatic carbocycles. The SMILES string of the molecule is CC(=O)Nc1ccc(C)c(N(c2cccnc2)c2ncccn2)c1. The largest absolute Gasteiger partial charge is 0.326 e. The molecule has 6 heteroatoms. The highest BCUT2D eigenvalue weighted by atomic mass is 16.1. The van der Waals surface area contributed by atoms with Gasteiger partial charge in [-0.25, -0.2) is 9.97 Å². The first-order valence-electron chi connectivity index (χ1n) is 7.50. The van der Waals surface area contributed by atoms with Crippen LogP contribution in [0.25, 0.3) is 0 Å². The Kier molecular flexibility index (Phi) is 4.47. The van der Waals surface area contributed by atoms with Gasteiger partial charge in [-0.15, -0.1) is 0 Å². The summed E-state index contributed by atoms with van der Waals surface area (Å²) in [6.07, 6.45) is 6.85. The summed E-state index contributed by atoms with van der Waals surface area (Å²) in [5.41, 5.74) is 3.46. The van der Waals surface area contributed by atoms with E-state index in [1.165, 1.54) is 6.92 Å². The van der Waals surface area contributed by atoms with Crippen LogP contribution in [0.4, 0.5) is 23.0 Å². The average molecular weight is 319 g/mol. The summed E-state index contributed by atoms with van der Waals surface area (Å²) < 4.78 is 0. The van der Waals surface area contributed by atoms with Gasteiger partial charge in [0.15, 0.2) is 0 Å². The van der Waals surface area contributed by atoms with Crippen LogP contribution in [0, 0.1) is 6.92 Å². The first-order chi connectivity index (χ1) is 11.6. The van der Waals surface area contributed by atoms with Crippen LogP contribution in [0.2, 0.25) is 0 Å². The van der Waals surface area contributed by atoms with Crippen molar-refractivity contribution in [3.05, 3.63) is 66.7 Å². The number of aryl methyl sites for hydroxylation is 1. The number of nitrogens with one attached hydrogen (secondary N) is 1. The molecule has 0 aliphatic carbocycles. The Labute approximate surface area is 140 Å². The zero-order valence-electron chi connectivity index (χ0n) is 13.5. The van der Waals surface area contributed by atoms with E-state index in [9.17, 15) is 4.79 Å². The second-order valence-corrected chi connectivity index (χ2v) is 5.28. The summed E-state index contributed by atoms with van der Waals surface area (Å²) in [6, 6.07) is 11.3. The third-order valence-electron chi connectivity index (χ3n) is 3.43. The lowest BCUT2D eigenvalue weighted by molar-refractivity contribution is -0.114. The number of benzene rings is 1. The molecule has 0 saturated heterocycles. The van der Waals surface area contributed by atoms with E-state index in [1.54, 1.807) is 30.9 Å². The van der Waals surface area contributed by atoms with E-state index in [2.05, 4.69) is 20.3 Å². The number of aromatic nitrogens is 3. The van der Waals surface area contributed by atoms with Crippen molar-refractivity contribution >= 4 is 28.9 Å². The molecule has 0 unspecified atom stereocenters. The molecule has 1 N–H and O–H groups in total. The van der Waals surface area contributed by atoms with Crippen molar-refractivity contribution in [1.29, 1.82) is 0 Å². The van der Waals surface area contributed by atoms with Gasteiger partial charge in [0.1, 0.15) is 0 Å². The standard InChI is InChI=1S/C18H17N5O/c1-13-6-7-15(22-14(2)24)11-17(13)23(16-5-3-8-19-12-16)18-20-9-4-10-21-18/h3-12H,1-2H3,(H,22,24). The van der Waals surface area contributed by atoms with Crippen molar-refractivity contribution in [2.24, 2.45) is 0 Å². The molecule has 120 valence electrons. The molecule has 0 spiro atoms. The van der Waals surface area contributed by atoms with Crippen molar-refractivity contribution in [2.45, 2.75) is 13.8 Å². The minimum atomic E-state index is -0.117. The average Bonchev–Trinajstić information content (AvgIpc) is 2.59. The maximum atomic E-state index is 11.4. The van der Waals surface area contributed by atoms with E-state index < -0.39 is 0 Å². The zero-order chi connectivity index (χ0) is 16.9. The summed E-state index contributed by atoms with van der Waals surface area (Å²) >= 11 is 0. The van der Waals surface area contributed by atoms with Crippen LogP contribution in [0.1, 0.15) is 12.5 Å². The maximum absolute atomic E-state index is 11.4. The molecule has 0 aliphatic rings. The van der Waals surface area contributed by atoms with Crippen LogP contribution in [-0.4, -0.2) is 20.9 Å². The summed E-state index contributed by atoms with van der Waals surface area (Å²) in [5, 5.41) is 2.81. The molecule has 6 nitrogen and oxygen atoms in total. The number of pyridine rings is 1. The molecule has 0 bridgehead atoms. The highest BCUT2D eigenvalue weighted by Gasteiger charge is 2.17. The van der Waals surface area contributed by atoms with E-state index in [4.69, 9.17) is 0 Å². The Morgan fingerprint density at radius 2 is 1.88 bits per heavy atom. The fourth-order valence-corrected chi connectivity index (χ4v) is 2.39. The lowest BCUT2D eigenvalue weighted by atomic mass is 10.1. The van der Waals surface area contributed by atoms with Crippen molar-refractivity contribution in [3.63, 3.8) is 0 Å². The Hall–Kier alpha value is -3.28. The Morgan fingerprint density at radius 1 is 1.08 bits per heavy atom. The highest BCUT2D eigenvalue weighted by molar-refractivity contribution is 5.90. The van der Waals surface area contributed by atoms with Gasteiger partial charge < -0.3 is 5.32 Å². The second kappa shape index (κ2) is 6.87. The van der Waals surface area contributed by atoms with E-state index in [1.807, 2.05) is 42.2 Å². The molecule has 2 heterocycles. The van der Waals surface area contributed by atoms with Gasteiger partial charge in [0.05, 0.1) is 17.6 Å². The fourth-order valence-electron chi connectivity index (χ4n) is 2.39. The first-order valence-corrected chi connectivity index (χ1v) is 7.50. The molecule has 0 saturated carbocycles. The predicted molar refractivity (Wildman–Crippen MR) is 93.6 cm³/mol. The van der Waals surface area contributed by atoms with E-state index in [-0.39, 0.29) is 5.91 Å². The number of rotatable bonds is 4. The Morgan fingerprint density at radius 3 is 2.54 bits per heavy atom. The van der Waals surface area contributed by atoms with Gasteiger partial charge in [0.25, 0.3) is 0 Å². The second-order valence-electron chi connectivity index (χ2n) is 5.28. The third-order valence-corrected chi connectivity index (χ3v) is 3.43. The first kappa shape index (κ1) is 15.6. The summed E-state index contributed by atoms with van der Waals surface area (Å²) in [5.74, 6) is 0.419. The number of hydrogen-bond donors (Lipinski definition) is 1. The Balaban J connectivity index is 2.14. The molecule has 1 amide bonds. The van der Waals surface area contributed by atoms with Crippen molar-refractivity contribution in [3.8, 4) is 0 Å². The minimum Gasteiger partial charge on any atom is -0.326 e.